The fourth-order valence-corrected chi connectivity index (χ4v) is 3.07. The van der Waals surface area contributed by atoms with Crippen LogP contribution in [0, 0.1) is 0 Å². The minimum Gasteiger partial charge on any atom is -0.328 e. The van der Waals surface area contributed by atoms with Crippen LogP contribution in [0.2, 0.25) is 0 Å². The summed E-state index contributed by atoms with van der Waals surface area (Å²) in [4.78, 5) is 2.25. The van der Waals surface area contributed by atoms with Crippen molar-refractivity contribution in [2.24, 2.45) is 5.73 Å². The van der Waals surface area contributed by atoms with Crippen molar-refractivity contribution in [1.82, 2.24) is 4.90 Å². The zero-order valence-electron chi connectivity index (χ0n) is 8.83. The summed E-state index contributed by atoms with van der Waals surface area (Å²) in [7, 11) is 4.27. The van der Waals surface area contributed by atoms with Gasteiger partial charge in [-0.1, -0.05) is 0 Å². The van der Waals surface area contributed by atoms with Crippen LogP contribution < -0.4 is 5.73 Å². The second-order valence-corrected chi connectivity index (χ2v) is 5.62. The van der Waals surface area contributed by atoms with Crippen molar-refractivity contribution in [1.29, 1.82) is 0 Å². The lowest BCUT2D eigenvalue weighted by molar-refractivity contribution is 0.433. The summed E-state index contributed by atoms with van der Waals surface area (Å²) in [5.41, 5.74) is 5.86. The molecule has 0 spiro atoms. The van der Waals surface area contributed by atoms with E-state index in [4.69, 9.17) is 5.73 Å². The third-order valence-electron chi connectivity index (χ3n) is 2.61. The second kappa shape index (κ2) is 5.89. The molecule has 13 heavy (non-hydrogen) atoms. The molecular formula is C10H22N2S. The highest BCUT2D eigenvalue weighted by Crippen LogP contribution is 2.27. The Balaban J connectivity index is 2.02. The Labute approximate surface area is 86.2 Å². The molecule has 78 valence electrons. The van der Waals surface area contributed by atoms with Gasteiger partial charge >= 0.3 is 0 Å². The molecule has 0 bridgehead atoms. The standard InChI is InChI=1S/C10H22N2S/c1-12(2)7-8-13-10-5-3-9(11)4-6-10/h9-10H,3-8,11H2,1-2H3. The first kappa shape index (κ1) is 11.3. The van der Waals surface area contributed by atoms with Gasteiger partial charge in [0.05, 0.1) is 0 Å². The molecule has 0 aromatic rings. The van der Waals surface area contributed by atoms with E-state index in [1.165, 1.54) is 38.0 Å². The summed E-state index contributed by atoms with van der Waals surface area (Å²) in [5, 5.41) is 0.889. The topological polar surface area (TPSA) is 29.3 Å². The van der Waals surface area contributed by atoms with E-state index in [1.54, 1.807) is 0 Å². The van der Waals surface area contributed by atoms with Crippen LogP contribution >= 0.6 is 11.8 Å². The van der Waals surface area contributed by atoms with Gasteiger partial charge in [0.15, 0.2) is 0 Å². The SMILES string of the molecule is CN(C)CCSC1CCC(N)CC1. The van der Waals surface area contributed by atoms with E-state index >= 15 is 0 Å². The fourth-order valence-electron chi connectivity index (χ4n) is 1.66. The second-order valence-electron chi connectivity index (χ2n) is 4.21. The molecule has 0 radical (unpaired) electrons. The maximum absolute atomic E-state index is 5.86. The molecule has 0 atom stereocenters. The number of hydrogen-bond acceptors (Lipinski definition) is 3. The number of thioether (sulfide) groups is 1. The van der Waals surface area contributed by atoms with Gasteiger partial charge in [-0.2, -0.15) is 11.8 Å². The Morgan fingerprint density at radius 2 is 1.85 bits per heavy atom. The predicted octanol–water partition coefficient (Wildman–Crippen LogP) is 1.55. The first-order chi connectivity index (χ1) is 6.18. The molecular weight excluding hydrogens is 180 g/mol. The van der Waals surface area contributed by atoms with E-state index in [9.17, 15) is 0 Å². The van der Waals surface area contributed by atoms with Gasteiger partial charge < -0.3 is 10.6 Å². The minimum absolute atomic E-state index is 0.491. The van der Waals surface area contributed by atoms with Crippen molar-refractivity contribution in [2.75, 3.05) is 26.4 Å². The first-order valence-corrected chi connectivity index (χ1v) is 6.25. The highest BCUT2D eigenvalue weighted by molar-refractivity contribution is 7.99. The molecule has 2 nitrogen and oxygen atoms in total. The van der Waals surface area contributed by atoms with E-state index in [1.807, 2.05) is 0 Å². The summed E-state index contributed by atoms with van der Waals surface area (Å²) < 4.78 is 0. The van der Waals surface area contributed by atoms with Gasteiger partial charge in [-0.25, -0.2) is 0 Å². The van der Waals surface area contributed by atoms with Crippen LogP contribution in [0.3, 0.4) is 0 Å². The lowest BCUT2D eigenvalue weighted by Crippen LogP contribution is -2.28. The summed E-state index contributed by atoms with van der Waals surface area (Å²) in [5.74, 6) is 1.27. The normalized spacial score (nSPS) is 29.5. The summed E-state index contributed by atoms with van der Waals surface area (Å²) in [6, 6.07) is 0.491. The van der Waals surface area contributed by atoms with Crippen LogP contribution in [-0.2, 0) is 0 Å². The van der Waals surface area contributed by atoms with Gasteiger partial charge in [0.2, 0.25) is 0 Å². The average molecular weight is 202 g/mol. The van der Waals surface area contributed by atoms with Crippen LogP contribution in [0.4, 0.5) is 0 Å². The van der Waals surface area contributed by atoms with Gasteiger partial charge in [-0.3, -0.25) is 0 Å². The number of nitrogens with zero attached hydrogens (tertiary/aromatic N) is 1. The van der Waals surface area contributed by atoms with Gasteiger partial charge in [0.25, 0.3) is 0 Å². The average Bonchev–Trinajstić information content (AvgIpc) is 2.08. The maximum Gasteiger partial charge on any atom is 0.00663 e. The predicted molar refractivity (Wildman–Crippen MR) is 61.2 cm³/mol. The molecule has 0 saturated heterocycles. The quantitative estimate of drug-likeness (QED) is 0.750. The molecule has 1 aliphatic carbocycles. The molecule has 0 aromatic heterocycles. The minimum atomic E-state index is 0.491. The van der Waals surface area contributed by atoms with E-state index in [2.05, 4.69) is 30.8 Å². The zero-order valence-corrected chi connectivity index (χ0v) is 9.65. The molecule has 0 aromatic carbocycles. The molecule has 0 aliphatic heterocycles. The van der Waals surface area contributed by atoms with Crippen molar-refractivity contribution in [3.8, 4) is 0 Å². The van der Waals surface area contributed by atoms with E-state index in [0.717, 1.165) is 5.25 Å². The van der Waals surface area contributed by atoms with Crippen LogP contribution in [0.25, 0.3) is 0 Å². The van der Waals surface area contributed by atoms with Gasteiger partial charge in [-0.05, 0) is 39.8 Å². The lowest BCUT2D eigenvalue weighted by atomic mass is 9.96. The van der Waals surface area contributed by atoms with Crippen molar-refractivity contribution in [3.05, 3.63) is 0 Å². The van der Waals surface area contributed by atoms with Crippen LogP contribution in [0.15, 0.2) is 0 Å². The van der Waals surface area contributed by atoms with Crippen molar-refractivity contribution in [2.45, 2.75) is 37.0 Å². The Hall–Kier alpha value is 0.270. The highest BCUT2D eigenvalue weighted by atomic mass is 32.2. The number of rotatable bonds is 4. The Morgan fingerprint density at radius 3 is 2.38 bits per heavy atom. The third-order valence-corrected chi connectivity index (χ3v) is 3.97. The van der Waals surface area contributed by atoms with Crippen molar-refractivity contribution < 1.29 is 0 Å². The Morgan fingerprint density at radius 1 is 1.23 bits per heavy atom. The molecule has 1 aliphatic rings. The smallest absolute Gasteiger partial charge is 0.00663 e. The van der Waals surface area contributed by atoms with E-state index in [0.29, 0.717) is 6.04 Å². The summed E-state index contributed by atoms with van der Waals surface area (Å²) >= 11 is 2.13. The largest absolute Gasteiger partial charge is 0.328 e. The van der Waals surface area contributed by atoms with Crippen LogP contribution in [-0.4, -0.2) is 42.6 Å². The molecule has 1 saturated carbocycles. The number of hydrogen-bond donors (Lipinski definition) is 1. The molecule has 0 unspecified atom stereocenters. The first-order valence-electron chi connectivity index (χ1n) is 5.20. The lowest BCUT2D eigenvalue weighted by Gasteiger charge is -2.25. The van der Waals surface area contributed by atoms with Gasteiger partial charge in [0.1, 0.15) is 0 Å². The molecule has 1 fully saturated rings. The van der Waals surface area contributed by atoms with Crippen LogP contribution in [0.1, 0.15) is 25.7 Å². The van der Waals surface area contributed by atoms with Gasteiger partial charge in [-0.15, -0.1) is 0 Å². The number of nitrogens with two attached hydrogens (primary N) is 1. The molecule has 2 N–H and O–H groups in total. The molecule has 1 rings (SSSR count). The third kappa shape index (κ3) is 4.89. The monoisotopic (exact) mass is 202 g/mol. The molecule has 0 amide bonds. The fraction of sp³-hybridized carbons (Fsp3) is 1.00. The zero-order chi connectivity index (χ0) is 9.68. The van der Waals surface area contributed by atoms with Gasteiger partial charge in [0, 0.05) is 23.6 Å². The van der Waals surface area contributed by atoms with E-state index < -0.39 is 0 Å². The van der Waals surface area contributed by atoms with Crippen molar-refractivity contribution in [3.63, 3.8) is 0 Å². The van der Waals surface area contributed by atoms with Crippen LogP contribution in [0.5, 0.6) is 0 Å². The van der Waals surface area contributed by atoms with Crippen molar-refractivity contribution >= 4 is 11.8 Å². The maximum atomic E-state index is 5.86. The highest BCUT2D eigenvalue weighted by Gasteiger charge is 2.18. The Bertz CT molecular complexity index is 131. The molecule has 0 heterocycles. The Kier molecular flexibility index (Phi) is 5.14. The summed E-state index contributed by atoms with van der Waals surface area (Å²) in [6.07, 6.45) is 5.14. The summed E-state index contributed by atoms with van der Waals surface area (Å²) in [6.45, 7) is 1.20. The molecule has 3 heteroatoms. The van der Waals surface area contributed by atoms with E-state index in [-0.39, 0.29) is 0 Å².